The standard InChI is InChI=1S/C16H29ClN4/c1-12-15(17)14(20(5)19-12)11-21-8-6-13(7-9-21)10-18-16(2,3)4/h13,18H,6-11H2,1-5H3. The lowest BCUT2D eigenvalue weighted by molar-refractivity contribution is 0.167. The molecule has 2 heterocycles. The summed E-state index contributed by atoms with van der Waals surface area (Å²) in [5.41, 5.74) is 2.29. The van der Waals surface area contributed by atoms with Crippen molar-refractivity contribution in [3.63, 3.8) is 0 Å². The molecule has 120 valence electrons. The van der Waals surface area contributed by atoms with E-state index in [0.717, 1.165) is 48.5 Å². The second kappa shape index (κ2) is 6.67. The number of piperidine rings is 1. The third-order valence-corrected chi connectivity index (χ3v) is 4.75. The van der Waals surface area contributed by atoms with Gasteiger partial charge in [0, 0.05) is 19.1 Å². The van der Waals surface area contributed by atoms with Gasteiger partial charge in [-0.2, -0.15) is 5.10 Å². The second-order valence-electron chi connectivity index (χ2n) is 7.32. The SMILES string of the molecule is Cc1nn(C)c(CN2CCC(CNC(C)(C)C)CC2)c1Cl. The van der Waals surface area contributed by atoms with Crippen LogP contribution in [-0.2, 0) is 13.6 Å². The molecule has 1 aromatic rings. The first kappa shape index (κ1) is 16.8. The van der Waals surface area contributed by atoms with Crippen LogP contribution >= 0.6 is 11.6 Å². The van der Waals surface area contributed by atoms with Crippen molar-refractivity contribution in [2.75, 3.05) is 19.6 Å². The summed E-state index contributed by atoms with van der Waals surface area (Å²) in [7, 11) is 1.98. The minimum absolute atomic E-state index is 0.219. The fourth-order valence-electron chi connectivity index (χ4n) is 2.86. The average Bonchev–Trinajstić information content (AvgIpc) is 2.64. The number of nitrogens with zero attached hydrogens (tertiary/aromatic N) is 3. The Labute approximate surface area is 133 Å². The fourth-order valence-corrected chi connectivity index (χ4v) is 3.08. The van der Waals surface area contributed by atoms with Gasteiger partial charge < -0.3 is 5.32 Å². The molecule has 4 nitrogen and oxygen atoms in total. The fraction of sp³-hybridized carbons (Fsp3) is 0.812. The molecule has 1 N–H and O–H groups in total. The van der Waals surface area contributed by atoms with Crippen LogP contribution in [0.4, 0.5) is 0 Å². The summed E-state index contributed by atoms with van der Waals surface area (Å²) >= 11 is 6.34. The monoisotopic (exact) mass is 312 g/mol. The van der Waals surface area contributed by atoms with Gasteiger partial charge >= 0.3 is 0 Å². The van der Waals surface area contributed by atoms with Crippen LogP contribution in [0.15, 0.2) is 0 Å². The number of nitrogens with one attached hydrogen (secondary N) is 1. The van der Waals surface area contributed by atoms with Gasteiger partial charge in [0.05, 0.1) is 16.4 Å². The van der Waals surface area contributed by atoms with E-state index in [1.807, 2.05) is 18.7 Å². The van der Waals surface area contributed by atoms with Crippen LogP contribution in [0, 0.1) is 12.8 Å². The summed E-state index contributed by atoms with van der Waals surface area (Å²) in [4.78, 5) is 2.50. The normalized spacial score (nSPS) is 18.4. The number of aryl methyl sites for hydroxylation is 2. The van der Waals surface area contributed by atoms with E-state index in [1.54, 1.807) is 0 Å². The topological polar surface area (TPSA) is 33.1 Å². The molecule has 1 fully saturated rings. The molecule has 0 aliphatic carbocycles. The highest BCUT2D eigenvalue weighted by Crippen LogP contribution is 2.24. The van der Waals surface area contributed by atoms with Crippen LogP contribution in [0.5, 0.6) is 0 Å². The van der Waals surface area contributed by atoms with Gasteiger partial charge in [-0.15, -0.1) is 0 Å². The summed E-state index contributed by atoms with van der Waals surface area (Å²) < 4.78 is 1.92. The maximum atomic E-state index is 6.34. The van der Waals surface area contributed by atoms with Crippen molar-refractivity contribution in [1.29, 1.82) is 0 Å². The van der Waals surface area contributed by atoms with E-state index in [4.69, 9.17) is 11.6 Å². The lowest BCUT2D eigenvalue weighted by Crippen LogP contribution is -2.42. The maximum Gasteiger partial charge on any atom is 0.0860 e. The van der Waals surface area contributed by atoms with Gasteiger partial charge in [0.15, 0.2) is 0 Å². The molecule has 0 radical (unpaired) electrons. The number of halogens is 1. The zero-order valence-corrected chi connectivity index (χ0v) is 14.8. The Balaban J connectivity index is 1.82. The van der Waals surface area contributed by atoms with Gasteiger partial charge in [0.2, 0.25) is 0 Å². The number of rotatable bonds is 4. The Morgan fingerprint density at radius 3 is 2.38 bits per heavy atom. The van der Waals surface area contributed by atoms with E-state index in [2.05, 4.69) is 36.1 Å². The highest BCUT2D eigenvalue weighted by atomic mass is 35.5. The Morgan fingerprint density at radius 2 is 1.90 bits per heavy atom. The van der Waals surface area contributed by atoms with Crippen molar-refractivity contribution in [3.8, 4) is 0 Å². The maximum absolute atomic E-state index is 6.34. The Morgan fingerprint density at radius 1 is 1.29 bits per heavy atom. The molecule has 0 aromatic carbocycles. The van der Waals surface area contributed by atoms with Gasteiger partial charge in [-0.1, -0.05) is 11.6 Å². The Hall–Kier alpha value is -0.580. The third-order valence-electron chi connectivity index (χ3n) is 4.26. The molecule has 1 saturated heterocycles. The Kier molecular flexibility index (Phi) is 5.33. The number of likely N-dealkylation sites (tertiary alicyclic amines) is 1. The van der Waals surface area contributed by atoms with Gasteiger partial charge in [0.25, 0.3) is 0 Å². The van der Waals surface area contributed by atoms with Crippen molar-refractivity contribution in [3.05, 3.63) is 16.4 Å². The summed E-state index contributed by atoms with van der Waals surface area (Å²) in [6.07, 6.45) is 2.52. The van der Waals surface area contributed by atoms with Gasteiger partial charge in [-0.05, 0) is 66.1 Å². The zero-order valence-electron chi connectivity index (χ0n) is 14.0. The van der Waals surface area contributed by atoms with E-state index in [0.29, 0.717) is 0 Å². The van der Waals surface area contributed by atoms with Crippen molar-refractivity contribution in [2.24, 2.45) is 13.0 Å². The van der Waals surface area contributed by atoms with Crippen molar-refractivity contribution in [2.45, 2.75) is 52.6 Å². The van der Waals surface area contributed by atoms with Crippen LogP contribution < -0.4 is 5.32 Å². The lowest BCUT2D eigenvalue weighted by Gasteiger charge is -2.33. The molecule has 5 heteroatoms. The van der Waals surface area contributed by atoms with Crippen molar-refractivity contribution < 1.29 is 0 Å². The summed E-state index contributed by atoms with van der Waals surface area (Å²) in [5, 5.41) is 8.85. The predicted molar refractivity (Wildman–Crippen MR) is 88.7 cm³/mol. The zero-order chi connectivity index (χ0) is 15.6. The molecule has 0 saturated carbocycles. The quantitative estimate of drug-likeness (QED) is 0.928. The van der Waals surface area contributed by atoms with E-state index in [9.17, 15) is 0 Å². The predicted octanol–water partition coefficient (Wildman–Crippen LogP) is 2.98. The molecule has 1 aliphatic rings. The van der Waals surface area contributed by atoms with E-state index in [1.165, 1.54) is 12.8 Å². The number of aromatic nitrogens is 2. The number of hydrogen-bond donors (Lipinski definition) is 1. The minimum atomic E-state index is 0.219. The summed E-state index contributed by atoms with van der Waals surface area (Å²) in [6, 6.07) is 0. The molecule has 0 bridgehead atoms. The van der Waals surface area contributed by atoms with Crippen LogP contribution in [0.2, 0.25) is 5.02 Å². The first-order valence-electron chi connectivity index (χ1n) is 7.91. The summed E-state index contributed by atoms with van der Waals surface area (Å²) in [5.74, 6) is 0.796. The van der Waals surface area contributed by atoms with Crippen LogP contribution in [0.1, 0.15) is 45.0 Å². The van der Waals surface area contributed by atoms with Crippen molar-refractivity contribution in [1.82, 2.24) is 20.0 Å². The first-order valence-corrected chi connectivity index (χ1v) is 8.29. The van der Waals surface area contributed by atoms with Gasteiger partial charge in [-0.25, -0.2) is 0 Å². The molecule has 1 aromatic heterocycles. The molecule has 0 atom stereocenters. The van der Waals surface area contributed by atoms with Crippen molar-refractivity contribution >= 4 is 11.6 Å². The molecule has 0 spiro atoms. The van der Waals surface area contributed by atoms with E-state index in [-0.39, 0.29) is 5.54 Å². The van der Waals surface area contributed by atoms with Crippen LogP contribution in [0.25, 0.3) is 0 Å². The smallest absolute Gasteiger partial charge is 0.0860 e. The molecule has 1 aliphatic heterocycles. The Bertz CT molecular complexity index is 467. The third kappa shape index (κ3) is 4.70. The van der Waals surface area contributed by atoms with Crippen LogP contribution in [-0.4, -0.2) is 39.9 Å². The van der Waals surface area contributed by atoms with E-state index < -0.39 is 0 Å². The lowest BCUT2D eigenvalue weighted by atomic mass is 9.95. The average molecular weight is 313 g/mol. The van der Waals surface area contributed by atoms with Gasteiger partial charge in [0.1, 0.15) is 0 Å². The first-order chi connectivity index (χ1) is 9.76. The summed E-state index contributed by atoms with van der Waals surface area (Å²) in [6.45, 7) is 13.0. The van der Waals surface area contributed by atoms with Gasteiger partial charge in [-0.3, -0.25) is 9.58 Å². The molecule has 2 rings (SSSR count). The largest absolute Gasteiger partial charge is 0.312 e. The number of hydrogen-bond acceptors (Lipinski definition) is 3. The molecule has 0 amide bonds. The molecule has 21 heavy (non-hydrogen) atoms. The molecular formula is C16H29ClN4. The molecule has 0 unspecified atom stereocenters. The highest BCUT2D eigenvalue weighted by Gasteiger charge is 2.22. The molecular weight excluding hydrogens is 284 g/mol. The van der Waals surface area contributed by atoms with E-state index >= 15 is 0 Å². The second-order valence-corrected chi connectivity index (χ2v) is 7.70. The van der Waals surface area contributed by atoms with Crippen LogP contribution in [0.3, 0.4) is 0 Å². The highest BCUT2D eigenvalue weighted by molar-refractivity contribution is 6.31. The minimum Gasteiger partial charge on any atom is -0.312 e.